The van der Waals surface area contributed by atoms with Crippen molar-refractivity contribution in [2.24, 2.45) is 0 Å². The van der Waals surface area contributed by atoms with E-state index >= 15 is 0 Å². The van der Waals surface area contributed by atoms with Crippen molar-refractivity contribution >= 4 is 34.4 Å². The summed E-state index contributed by atoms with van der Waals surface area (Å²) < 4.78 is 6.30. The van der Waals surface area contributed by atoms with E-state index in [0.717, 1.165) is 35.3 Å². The molecule has 0 aromatic carbocycles. The Labute approximate surface area is 139 Å². The number of nitrogens with one attached hydrogen (secondary N) is 1. The molecule has 21 heavy (non-hydrogen) atoms. The van der Waals surface area contributed by atoms with E-state index < -0.39 is 5.60 Å². The quantitative estimate of drug-likeness (QED) is 0.609. The fourth-order valence-corrected chi connectivity index (χ4v) is 2.68. The molecule has 0 bridgehead atoms. The Hall–Kier alpha value is -1.05. The zero-order valence-corrected chi connectivity index (χ0v) is 14.9. The number of piperidine rings is 1. The Morgan fingerprint density at radius 2 is 2.24 bits per heavy atom. The van der Waals surface area contributed by atoms with Gasteiger partial charge in [-0.25, -0.2) is 9.78 Å². The van der Waals surface area contributed by atoms with Crippen LogP contribution in [0, 0.1) is 3.70 Å². The highest BCUT2D eigenvalue weighted by molar-refractivity contribution is 14.1. The number of nitrogens with zero attached hydrogens (tertiary/aromatic N) is 2. The minimum absolute atomic E-state index is 0.118. The average molecular weight is 403 g/mol. The summed E-state index contributed by atoms with van der Waals surface area (Å²) in [5.74, 6) is 0. The van der Waals surface area contributed by atoms with Crippen molar-refractivity contribution in [3.05, 3.63) is 22.0 Å². The van der Waals surface area contributed by atoms with Gasteiger partial charge in [0.1, 0.15) is 9.30 Å². The number of carbonyl (C=O) groups excluding carboxylic acids is 1. The summed E-state index contributed by atoms with van der Waals surface area (Å²) in [6.07, 6.45) is 3.58. The van der Waals surface area contributed by atoms with Crippen LogP contribution in [0.25, 0.3) is 0 Å². The summed E-state index contributed by atoms with van der Waals surface area (Å²) in [6.45, 7) is 7.40. The van der Waals surface area contributed by atoms with Gasteiger partial charge in [-0.3, -0.25) is 0 Å². The lowest BCUT2D eigenvalue weighted by Gasteiger charge is -2.34. The van der Waals surface area contributed by atoms with Crippen LogP contribution in [0.3, 0.4) is 0 Å². The highest BCUT2D eigenvalue weighted by Gasteiger charge is 2.24. The van der Waals surface area contributed by atoms with Crippen LogP contribution in [0.15, 0.2) is 18.3 Å². The molecule has 1 aliphatic rings. The molecular formula is C15H22IN3O2. The average Bonchev–Trinajstić information content (AvgIpc) is 2.37. The third-order valence-electron chi connectivity index (χ3n) is 3.22. The molecule has 1 aromatic rings. The van der Waals surface area contributed by atoms with E-state index in [4.69, 9.17) is 4.74 Å². The number of ether oxygens (including phenoxy) is 1. The Morgan fingerprint density at radius 3 is 2.86 bits per heavy atom. The smallest absolute Gasteiger partial charge is 0.407 e. The van der Waals surface area contributed by atoms with Gasteiger partial charge in [0, 0.05) is 19.1 Å². The van der Waals surface area contributed by atoms with Gasteiger partial charge in [0.25, 0.3) is 0 Å². The molecule has 0 radical (unpaired) electrons. The van der Waals surface area contributed by atoms with Crippen molar-refractivity contribution in [2.45, 2.75) is 45.3 Å². The number of alkyl carbamates (subject to hydrolysis) is 1. The number of hydrogen-bond acceptors (Lipinski definition) is 4. The monoisotopic (exact) mass is 403 g/mol. The number of aromatic nitrogens is 1. The highest BCUT2D eigenvalue weighted by atomic mass is 127. The van der Waals surface area contributed by atoms with E-state index in [1.807, 2.05) is 33.0 Å². The van der Waals surface area contributed by atoms with Crippen LogP contribution >= 0.6 is 22.6 Å². The van der Waals surface area contributed by atoms with Gasteiger partial charge in [-0.15, -0.1) is 0 Å². The van der Waals surface area contributed by atoms with Crippen LogP contribution < -0.4 is 10.2 Å². The number of hydrogen-bond donors (Lipinski definition) is 1. The second-order valence-corrected chi connectivity index (χ2v) is 7.38. The summed E-state index contributed by atoms with van der Waals surface area (Å²) in [6, 6.07) is 4.19. The van der Waals surface area contributed by atoms with Crippen LogP contribution in [-0.2, 0) is 4.74 Å². The van der Waals surface area contributed by atoms with Crippen molar-refractivity contribution in [1.29, 1.82) is 0 Å². The predicted molar refractivity (Wildman–Crippen MR) is 91.6 cm³/mol. The molecule has 5 nitrogen and oxygen atoms in total. The van der Waals surface area contributed by atoms with Gasteiger partial charge in [-0.1, -0.05) is 0 Å². The number of carbonyl (C=O) groups is 1. The molecule has 1 fully saturated rings. The van der Waals surface area contributed by atoms with Crippen LogP contribution in [0.4, 0.5) is 10.5 Å². The van der Waals surface area contributed by atoms with E-state index in [1.54, 1.807) is 0 Å². The van der Waals surface area contributed by atoms with E-state index in [1.165, 1.54) is 0 Å². The van der Waals surface area contributed by atoms with Gasteiger partial charge in [0.2, 0.25) is 0 Å². The first-order chi connectivity index (χ1) is 9.83. The number of anilines is 1. The zero-order chi connectivity index (χ0) is 15.5. The van der Waals surface area contributed by atoms with Crippen molar-refractivity contribution in [2.75, 3.05) is 18.0 Å². The molecule has 1 amide bonds. The molecule has 0 aliphatic carbocycles. The first-order valence-electron chi connectivity index (χ1n) is 7.19. The third-order valence-corrected chi connectivity index (χ3v) is 3.86. The van der Waals surface area contributed by atoms with Crippen molar-refractivity contribution in [3.63, 3.8) is 0 Å². The molecule has 1 aliphatic heterocycles. The van der Waals surface area contributed by atoms with E-state index in [2.05, 4.69) is 43.9 Å². The minimum Gasteiger partial charge on any atom is -0.444 e. The normalized spacial score (nSPS) is 19.2. The van der Waals surface area contributed by atoms with Crippen molar-refractivity contribution in [1.82, 2.24) is 10.3 Å². The second kappa shape index (κ2) is 6.81. The maximum atomic E-state index is 11.8. The second-order valence-electron chi connectivity index (χ2n) is 6.27. The fraction of sp³-hybridized carbons (Fsp3) is 0.600. The summed E-state index contributed by atoms with van der Waals surface area (Å²) >= 11 is 2.20. The Kier molecular flexibility index (Phi) is 5.29. The highest BCUT2D eigenvalue weighted by Crippen LogP contribution is 2.20. The largest absolute Gasteiger partial charge is 0.444 e. The topological polar surface area (TPSA) is 54.5 Å². The number of rotatable bonds is 2. The summed E-state index contributed by atoms with van der Waals surface area (Å²) in [5, 5.41) is 2.96. The molecule has 1 atom stereocenters. The Bertz CT molecular complexity index is 485. The number of pyridine rings is 1. The van der Waals surface area contributed by atoms with E-state index in [-0.39, 0.29) is 12.1 Å². The summed E-state index contributed by atoms with van der Waals surface area (Å²) in [4.78, 5) is 18.4. The molecule has 116 valence electrons. The molecule has 6 heteroatoms. The predicted octanol–water partition coefficient (Wildman–Crippen LogP) is 3.18. The van der Waals surface area contributed by atoms with Gasteiger partial charge in [0.15, 0.2) is 0 Å². The lowest BCUT2D eigenvalue weighted by molar-refractivity contribution is 0.0500. The van der Waals surface area contributed by atoms with Gasteiger partial charge in [-0.2, -0.15) is 0 Å². The van der Waals surface area contributed by atoms with Gasteiger partial charge in [0.05, 0.1) is 11.9 Å². The Balaban J connectivity index is 1.91. The minimum atomic E-state index is -0.460. The van der Waals surface area contributed by atoms with Gasteiger partial charge in [-0.05, 0) is 68.3 Å². The SMILES string of the molecule is CC(C)(C)OC(=O)N[C@@H]1CCCN(c2ccc(I)nc2)C1. The van der Waals surface area contributed by atoms with Gasteiger partial charge < -0.3 is 15.0 Å². The summed E-state index contributed by atoms with van der Waals surface area (Å²) in [7, 11) is 0. The molecule has 0 unspecified atom stereocenters. The molecule has 1 aromatic heterocycles. The van der Waals surface area contributed by atoms with E-state index in [9.17, 15) is 4.79 Å². The maximum absolute atomic E-state index is 11.8. The molecule has 1 N–H and O–H groups in total. The molecule has 0 saturated carbocycles. The first kappa shape index (κ1) is 16.3. The van der Waals surface area contributed by atoms with Crippen LogP contribution in [0.1, 0.15) is 33.6 Å². The molecule has 2 rings (SSSR count). The fourth-order valence-electron chi connectivity index (χ4n) is 2.36. The zero-order valence-electron chi connectivity index (χ0n) is 12.7. The number of halogens is 1. The maximum Gasteiger partial charge on any atom is 0.407 e. The van der Waals surface area contributed by atoms with Crippen molar-refractivity contribution in [3.8, 4) is 0 Å². The first-order valence-corrected chi connectivity index (χ1v) is 8.27. The van der Waals surface area contributed by atoms with Crippen LogP contribution in [0.5, 0.6) is 0 Å². The lowest BCUT2D eigenvalue weighted by Crippen LogP contribution is -2.49. The molecule has 0 spiro atoms. The molecule has 2 heterocycles. The molecular weight excluding hydrogens is 381 g/mol. The van der Waals surface area contributed by atoms with E-state index in [0.29, 0.717) is 0 Å². The Morgan fingerprint density at radius 1 is 1.48 bits per heavy atom. The summed E-state index contributed by atoms with van der Waals surface area (Å²) in [5.41, 5.74) is 0.643. The van der Waals surface area contributed by atoms with Crippen LogP contribution in [-0.4, -0.2) is 35.8 Å². The standard InChI is InChI=1S/C15H22IN3O2/c1-15(2,3)21-14(20)18-11-5-4-8-19(10-11)12-6-7-13(16)17-9-12/h6-7,9,11H,4-5,8,10H2,1-3H3,(H,18,20)/t11-/m1/s1. The third kappa shape index (κ3) is 5.33. The van der Waals surface area contributed by atoms with Crippen LogP contribution in [0.2, 0.25) is 0 Å². The molecule has 1 saturated heterocycles. The lowest BCUT2D eigenvalue weighted by atomic mass is 10.1. The van der Waals surface area contributed by atoms with Crippen molar-refractivity contribution < 1.29 is 9.53 Å². The van der Waals surface area contributed by atoms with Gasteiger partial charge >= 0.3 is 6.09 Å². The number of amides is 1.